The summed E-state index contributed by atoms with van der Waals surface area (Å²) >= 11 is 6.18. The van der Waals surface area contributed by atoms with Gasteiger partial charge in [-0.1, -0.05) is 84.2 Å². The Labute approximate surface area is 256 Å². The zero-order valence-corrected chi connectivity index (χ0v) is 25.8. The minimum atomic E-state index is -0.926. The van der Waals surface area contributed by atoms with Crippen molar-refractivity contribution in [3.05, 3.63) is 112 Å². The molecule has 1 saturated carbocycles. The number of pyridine rings is 1. The van der Waals surface area contributed by atoms with E-state index in [1.807, 2.05) is 62.4 Å². The highest BCUT2D eigenvalue weighted by Crippen LogP contribution is 2.55. The lowest BCUT2D eigenvalue weighted by molar-refractivity contribution is -0.138. The van der Waals surface area contributed by atoms with Crippen LogP contribution < -0.4 is 0 Å². The standard InChI is InChI=1S/C36H38ClNO3S/c1-35(2,41)31-10-5-4-8-26(31)14-18-33(42(3)24-36(19-20-36)23-34(39)40)28-9-6-7-25(21-28)11-16-30-17-13-27-12-15-29(37)22-32(27)38-30/h4-13,15-17,21-22,33,41H,3,14,18-20,23-24H2,1-2H3,(H,39,40)/b16-11+/t33-,42?/m1/s1. The molecule has 0 aliphatic heterocycles. The van der Waals surface area contributed by atoms with Crippen LogP contribution in [0.3, 0.4) is 0 Å². The summed E-state index contributed by atoms with van der Waals surface area (Å²) in [6.07, 6.45) is 7.90. The number of benzene rings is 3. The second kappa shape index (κ2) is 12.5. The molecule has 1 aliphatic carbocycles. The molecule has 2 atom stereocenters. The Hall–Kier alpha value is -3.25. The Morgan fingerprint density at radius 1 is 1.07 bits per heavy atom. The second-order valence-electron chi connectivity index (χ2n) is 12.1. The fourth-order valence-corrected chi connectivity index (χ4v) is 8.28. The third-order valence-corrected chi connectivity index (χ3v) is 10.7. The van der Waals surface area contributed by atoms with Crippen molar-refractivity contribution in [2.75, 3.05) is 5.75 Å². The maximum Gasteiger partial charge on any atom is 0.303 e. The van der Waals surface area contributed by atoms with Crippen LogP contribution in [0.5, 0.6) is 0 Å². The van der Waals surface area contributed by atoms with E-state index in [1.54, 1.807) is 0 Å². The normalized spacial score (nSPS) is 16.0. The Kier molecular flexibility index (Phi) is 9.03. The summed E-state index contributed by atoms with van der Waals surface area (Å²) in [5.74, 6) is 4.73. The quantitative estimate of drug-likeness (QED) is 0.159. The highest BCUT2D eigenvalue weighted by atomic mass is 35.5. The van der Waals surface area contributed by atoms with E-state index in [2.05, 4.69) is 48.3 Å². The van der Waals surface area contributed by atoms with Crippen molar-refractivity contribution in [3.8, 4) is 0 Å². The van der Waals surface area contributed by atoms with Crippen molar-refractivity contribution in [1.29, 1.82) is 0 Å². The van der Waals surface area contributed by atoms with Crippen LogP contribution in [0.4, 0.5) is 0 Å². The van der Waals surface area contributed by atoms with E-state index in [9.17, 15) is 15.0 Å². The molecule has 1 unspecified atom stereocenters. The van der Waals surface area contributed by atoms with Crippen LogP contribution in [-0.2, 0) is 16.8 Å². The van der Waals surface area contributed by atoms with Crippen LogP contribution in [0, 0.1) is 5.41 Å². The first kappa shape index (κ1) is 30.2. The van der Waals surface area contributed by atoms with Crippen molar-refractivity contribution in [3.63, 3.8) is 0 Å². The van der Waals surface area contributed by atoms with Gasteiger partial charge in [-0.05, 0) is 97.2 Å². The third kappa shape index (κ3) is 7.57. The lowest BCUT2D eigenvalue weighted by Crippen LogP contribution is -2.18. The van der Waals surface area contributed by atoms with Crippen LogP contribution in [0.1, 0.15) is 72.7 Å². The van der Waals surface area contributed by atoms with Crippen molar-refractivity contribution in [1.82, 2.24) is 4.98 Å². The average molecular weight is 600 g/mol. The van der Waals surface area contributed by atoms with Gasteiger partial charge in [0.15, 0.2) is 0 Å². The van der Waals surface area contributed by atoms with Crippen LogP contribution >= 0.6 is 22.1 Å². The van der Waals surface area contributed by atoms with E-state index >= 15 is 0 Å². The monoisotopic (exact) mass is 599 g/mol. The summed E-state index contributed by atoms with van der Waals surface area (Å²) < 4.78 is 0. The third-order valence-electron chi connectivity index (χ3n) is 8.13. The molecule has 4 aromatic rings. The zero-order valence-electron chi connectivity index (χ0n) is 24.2. The summed E-state index contributed by atoms with van der Waals surface area (Å²) in [7, 11) is -0.275. The van der Waals surface area contributed by atoms with Gasteiger partial charge in [0.2, 0.25) is 0 Å². The van der Waals surface area contributed by atoms with Gasteiger partial charge in [-0.3, -0.25) is 4.79 Å². The molecular formula is C36H38ClNO3S. The first-order valence-electron chi connectivity index (χ1n) is 14.4. The van der Waals surface area contributed by atoms with Crippen LogP contribution in [-0.4, -0.2) is 32.8 Å². The van der Waals surface area contributed by atoms with Gasteiger partial charge in [0.05, 0.1) is 23.2 Å². The summed E-state index contributed by atoms with van der Waals surface area (Å²) in [6, 6.07) is 26.4. The number of carboxylic acid groups (broad SMARTS) is 1. The van der Waals surface area contributed by atoms with Gasteiger partial charge in [0.25, 0.3) is 0 Å². The number of aliphatic carboxylic acids is 1. The van der Waals surface area contributed by atoms with Gasteiger partial charge in [0.1, 0.15) is 0 Å². The van der Waals surface area contributed by atoms with Gasteiger partial charge >= 0.3 is 5.97 Å². The first-order valence-corrected chi connectivity index (χ1v) is 16.4. The molecule has 2 N–H and O–H groups in total. The summed E-state index contributed by atoms with van der Waals surface area (Å²) in [5, 5.41) is 22.2. The number of aromatic nitrogens is 1. The largest absolute Gasteiger partial charge is 0.481 e. The predicted octanol–water partition coefficient (Wildman–Crippen LogP) is 8.92. The SMILES string of the molecule is C=S(CC1(CC(=O)O)CC1)[C@H](CCc1ccccc1C(C)(C)O)c1cccc(/C=C/c2ccc3ccc(Cl)cc3n2)c1. The van der Waals surface area contributed by atoms with Crippen LogP contribution in [0.25, 0.3) is 23.1 Å². The number of aryl methyl sites for hydroxylation is 1. The van der Waals surface area contributed by atoms with E-state index in [0.29, 0.717) is 5.02 Å². The van der Waals surface area contributed by atoms with E-state index < -0.39 is 11.6 Å². The summed E-state index contributed by atoms with van der Waals surface area (Å²) in [6.45, 7) is 3.65. The van der Waals surface area contributed by atoms with Crippen molar-refractivity contribution >= 4 is 57.0 Å². The van der Waals surface area contributed by atoms with Crippen molar-refractivity contribution in [2.24, 2.45) is 5.41 Å². The molecule has 0 radical (unpaired) electrons. The number of halogens is 1. The Morgan fingerprint density at radius 2 is 1.83 bits per heavy atom. The molecule has 1 aromatic heterocycles. The number of carbonyl (C=O) groups is 1. The number of carboxylic acids is 1. The summed E-state index contributed by atoms with van der Waals surface area (Å²) in [4.78, 5) is 16.3. The van der Waals surface area contributed by atoms with Crippen molar-refractivity contribution < 1.29 is 15.0 Å². The predicted molar refractivity (Wildman–Crippen MR) is 178 cm³/mol. The van der Waals surface area contributed by atoms with E-state index in [0.717, 1.165) is 64.7 Å². The molecule has 1 aliphatic rings. The molecule has 4 nitrogen and oxygen atoms in total. The smallest absolute Gasteiger partial charge is 0.303 e. The molecule has 0 spiro atoms. The fourth-order valence-electron chi connectivity index (χ4n) is 5.75. The lowest BCUT2D eigenvalue weighted by Gasteiger charge is -2.27. The number of rotatable bonds is 12. The molecule has 218 valence electrons. The first-order chi connectivity index (χ1) is 20.0. The van der Waals surface area contributed by atoms with Gasteiger partial charge in [0, 0.05) is 15.7 Å². The van der Waals surface area contributed by atoms with Crippen molar-refractivity contribution in [2.45, 2.75) is 56.8 Å². The summed E-state index contributed by atoms with van der Waals surface area (Å²) in [5.41, 5.74) is 5.03. The molecular weight excluding hydrogens is 562 g/mol. The maximum atomic E-state index is 11.6. The number of hydrogen-bond donors (Lipinski definition) is 2. The zero-order chi connectivity index (χ0) is 29.9. The average Bonchev–Trinajstić information content (AvgIpc) is 3.69. The van der Waals surface area contributed by atoms with E-state index in [4.69, 9.17) is 16.6 Å². The molecule has 0 saturated heterocycles. The molecule has 1 heterocycles. The molecule has 3 aromatic carbocycles. The topological polar surface area (TPSA) is 70.4 Å². The molecule has 5 rings (SSSR count). The van der Waals surface area contributed by atoms with Gasteiger partial charge in [-0.15, -0.1) is 0 Å². The minimum absolute atomic E-state index is 0.123. The van der Waals surface area contributed by atoms with Crippen LogP contribution in [0.15, 0.2) is 78.9 Å². The maximum absolute atomic E-state index is 11.6. The van der Waals surface area contributed by atoms with E-state index in [-0.39, 0.29) is 27.6 Å². The van der Waals surface area contributed by atoms with Crippen LogP contribution in [0.2, 0.25) is 5.02 Å². The minimum Gasteiger partial charge on any atom is -0.481 e. The highest BCUT2D eigenvalue weighted by Gasteiger charge is 2.45. The molecule has 42 heavy (non-hydrogen) atoms. The Morgan fingerprint density at radius 3 is 2.57 bits per heavy atom. The second-order valence-corrected chi connectivity index (χ2v) is 14.4. The molecule has 0 amide bonds. The Bertz CT molecular complexity index is 1650. The number of aliphatic hydroxyl groups is 1. The van der Waals surface area contributed by atoms with Gasteiger partial charge in [-0.2, -0.15) is 10.5 Å². The highest BCUT2D eigenvalue weighted by molar-refractivity contribution is 8.14. The fraction of sp³-hybridized carbons (Fsp3) is 0.306. The Balaban J connectivity index is 1.41. The lowest BCUT2D eigenvalue weighted by atomic mass is 9.90. The molecule has 6 heteroatoms. The van der Waals surface area contributed by atoms with Gasteiger partial charge in [-0.25, -0.2) is 4.98 Å². The molecule has 1 fully saturated rings. The number of hydrogen-bond acceptors (Lipinski definition) is 3. The number of nitrogens with zero attached hydrogens (tertiary/aromatic N) is 1. The number of fused-ring (bicyclic) bond motifs is 1. The van der Waals surface area contributed by atoms with Gasteiger partial charge < -0.3 is 10.2 Å². The molecule has 0 bridgehead atoms. The van der Waals surface area contributed by atoms with E-state index in [1.165, 1.54) is 5.56 Å².